The van der Waals surface area contributed by atoms with Crippen LogP contribution in [0, 0.1) is 23.7 Å². The van der Waals surface area contributed by atoms with Crippen molar-refractivity contribution in [2.75, 3.05) is 70.9 Å². The van der Waals surface area contributed by atoms with Crippen LogP contribution in [0.3, 0.4) is 0 Å². The van der Waals surface area contributed by atoms with Crippen molar-refractivity contribution in [1.82, 2.24) is 20.0 Å². The Morgan fingerprint density at radius 2 is 0.919 bits per heavy atom. The van der Waals surface area contributed by atoms with Gasteiger partial charge in [0, 0.05) is 96.1 Å². The Morgan fingerprint density at radius 1 is 0.556 bits per heavy atom. The number of ether oxygens (including phenoxy) is 3. The van der Waals surface area contributed by atoms with Crippen molar-refractivity contribution in [2.24, 2.45) is 23.7 Å². The van der Waals surface area contributed by atoms with Gasteiger partial charge < -0.3 is 24.4 Å². The molecule has 0 bridgehead atoms. The Bertz CT molecular complexity index is 3200. The Morgan fingerprint density at radius 3 is 1.23 bits per heavy atom. The highest BCUT2D eigenvalue weighted by atomic mass is 35.5. The smallest absolute Gasteiger partial charge is 0.434 e. The van der Waals surface area contributed by atoms with Gasteiger partial charge in [-0.05, 0) is 110 Å². The average molecular weight is 1470 g/mol. The number of benzene rings is 6. The maximum Gasteiger partial charge on any atom is 0.446 e. The fraction of sp³-hybridized carbons (Fsp3) is 0.425. The van der Waals surface area contributed by atoms with Gasteiger partial charge in [-0.25, -0.2) is 9.59 Å². The summed E-state index contributed by atoms with van der Waals surface area (Å²) >= 11 is 25.1. The number of aryl methyl sites for hydroxylation is 1. The highest BCUT2D eigenvalue weighted by Gasteiger charge is 2.27. The predicted octanol–water partition coefficient (Wildman–Crippen LogP) is 20.7. The number of aldehydes is 1. The van der Waals surface area contributed by atoms with Crippen molar-refractivity contribution in [2.45, 2.75) is 124 Å². The largest absolute Gasteiger partial charge is 0.446 e. The zero-order valence-corrected chi connectivity index (χ0v) is 62.2. The fourth-order valence-electron chi connectivity index (χ4n) is 10.8. The second-order valence-electron chi connectivity index (χ2n) is 24.3. The first-order chi connectivity index (χ1) is 47.5. The number of amides is 1. The Balaban J connectivity index is 0.000000305. The third-order valence-corrected chi connectivity index (χ3v) is 16.3. The van der Waals surface area contributed by atoms with E-state index >= 15 is 0 Å². The second-order valence-corrected chi connectivity index (χ2v) is 26.6. The van der Waals surface area contributed by atoms with Crippen LogP contribution in [0.1, 0.15) is 120 Å². The van der Waals surface area contributed by atoms with Crippen molar-refractivity contribution in [3.63, 3.8) is 0 Å². The van der Waals surface area contributed by atoms with Crippen LogP contribution >= 0.6 is 58.0 Å². The first kappa shape index (κ1) is 86.9. The number of halogens is 8. The minimum Gasteiger partial charge on any atom is -0.434 e. The number of alkyl halides is 7. The lowest BCUT2D eigenvalue weighted by Gasteiger charge is -2.33. The number of carbonyl (C=O) groups excluding carboxylic acids is 4. The second kappa shape index (κ2) is 51.8. The molecule has 5 fully saturated rings. The number of Topliss-reactive ketones (excluding diaryl/α,β-unsaturated/α-hetero) is 1. The van der Waals surface area contributed by atoms with Gasteiger partial charge in [-0.3, -0.25) is 19.4 Å². The number of carbonyl (C=O) groups is 4. The van der Waals surface area contributed by atoms with E-state index in [2.05, 4.69) is 217 Å². The maximum atomic E-state index is 11.8. The molecule has 0 spiro atoms. The van der Waals surface area contributed by atoms with Crippen LogP contribution in [-0.2, 0) is 43.3 Å². The molecule has 0 radical (unpaired) electrons. The van der Waals surface area contributed by atoms with Gasteiger partial charge >= 0.3 is 17.7 Å². The van der Waals surface area contributed by atoms with Crippen LogP contribution in [0.15, 0.2) is 199 Å². The Kier molecular flexibility index (Phi) is 45.5. The van der Waals surface area contributed by atoms with E-state index < -0.39 is 29.0 Å². The molecule has 1 N–H and O–H groups in total. The minimum atomic E-state index is -4.64. The quantitative estimate of drug-likeness (QED) is 0.0807. The van der Waals surface area contributed by atoms with Crippen molar-refractivity contribution in [3.8, 4) is 0 Å². The molecule has 0 saturated carbocycles. The molecule has 0 aliphatic carbocycles. The van der Waals surface area contributed by atoms with Gasteiger partial charge in [-0.2, -0.15) is 13.2 Å². The topological polar surface area (TPSA) is 118 Å². The monoisotopic (exact) mass is 1460 g/mol. The van der Waals surface area contributed by atoms with Gasteiger partial charge in [0.05, 0.1) is 5.34 Å². The van der Waals surface area contributed by atoms with Crippen LogP contribution in [0.25, 0.3) is 18.2 Å². The van der Waals surface area contributed by atoms with Gasteiger partial charge in [0.15, 0.2) is 11.1 Å². The van der Waals surface area contributed by atoms with Gasteiger partial charge in [0.1, 0.15) is 5.78 Å². The normalized spacial score (nSPS) is 19.9. The van der Waals surface area contributed by atoms with Crippen LogP contribution in [0.2, 0.25) is 0 Å². The lowest BCUT2D eigenvalue weighted by atomic mass is 9.91. The highest BCUT2D eigenvalue weighted by Crippen LogP contribution is 2.28. The van der Waals surface area contributed by atoms with Crippen LogP contribution in [0.4, 0.5) is 22.8 Å². The molecule has 540 valence electrons. The zero-order chi connectivity index (χ0) is 72.6. The zero-order valence-electron chi connectivity index (χ0n) is 58.5. The molecule has 6 aromatic carbocycles. The van der Waals surface area contributed by atoms with Gasteiger partial charge in [0.2, 0.25) is 6.29 Å². The summed E-state index contributed by atoms with van der Waals surface area (Å²) in [7, 11) is 0. The van der Waals surface area contributed by atoms with E-state index in [0.717, 1.165) is 78.4 Å². The van der Waals surface area contributed by atoms with Crippen LogP contribution in [-0.4, -0.2) is 127 Å². The SMILES string of the molecule is C1CCOC1.CC(Cl)OC(=O)Cl.CC(Cl)OC(=O)N1CC/C(=C\c2ccccc2)C(C)C1.CC1CN(Cc2ccccc2)CC/C1=C\c1ccccc1.CC1CN(Cc2ccccc2)CCC1=O.CC1CNCC/C1=C\c1ccccc1.CCc1ccccc1.ClCCl.O=CC(F)(F)F. The van der Waals surface area contributed by atoms with E-state index in [1.54, 1.807) is 23.0 Å². The number of hydrogen-bond donors (Lipinski definition) is 1. The highest BCUT2D eigenvalue weighted by molar-refractivity contribution is 6.61. The molecule has 6 aromatic rings. The number of piperidine rings is 4. The summed E-state index contributed by atoms with van der Waals surface area (Å²) in [6.07, 6.45) is 8.58. The number of hydrogen-bond acceptors (Lipinski definition) is 10. The molecular weight excluding hydrogens is 1360 g/mol. The molecular formula is C80H102Cl5F3N4O7. The van der Waals surface area contributed by atoms with Crippen LogP contribution < -0.4 is 5.32 Å². The number of likely N-dealkylation sites (tertiary alicyclic amines) is 3. The molecule has 6 atom stereocenters. The molecule has 5 aliphatic heterocycles. The Hall–Kier alpha value is -6.30. The lowest BCUT2D eigenvalue weighted by Crippen LogP contribution is -2.41. The standard InChI is InChI=1S/C20H23N.C16H20ClNO2.C13H17NO.C13H17N.C8H10.C4H8O.C3H4Cl2O2.C2HF3O.CH2Cl2/c1-17-15-21(16-19-10-6-3-7-11-19)13-12-20(17)14-18-8-4-2-5-9-18;1-12-11-18(16(19)20-13(2)17)9-8-15(12)10-14-6-4-3-5-7-14;1-11-9-14(8-7-13(11)15)10-12-5-3-2-4-6-12;1-11-10-14-8-7-13(11)9-12-5-3-2-4-6-12;1-2-8-6-4-3-5-7-8;1-2-4-5-3-1;1-2(4)7-3(5)6;3-2(4,5)1-6;2-1-3/h2-11,14,17H,12-13,15-16H2,1H3;3-7,10,12-13H,8-9,11H2,1-2H3;2-6,11H,7-10H2,1H3;2-6,9,11,14H,7-8,10H2,1H3;3-7H,2H2,1H3;1-4H2;2H,1H3;1H;1H2/b20-14+;15-10+;;13-9+;;;;;. The molecule has 5 aliphatic rings. The van der Waals surface area contributed by atoms with E-state index in [-0.39, 0.29) is 17.4 Å². The van der Waals surface area contributed by atoms with Gasteiger partial charge in [-0.1, -0.05) is 275 Å². The summed E-state index contributed by atoms with van der Waals surface area (Å²) in [4.78, 5) is 48.3. The third kappa shape index (κ3) is 41.3. The summed E-state index contributed by atoms with van der Waals surface area (Å²) in [6.45, 7) is 25.9. The first-order valence-electron chi connectivity index (χ1n) is 33.9. The van der Waals surface area contributed by atoms with Crippen molar-refractivity contribution in [3.05, 3.63) is 232 Å². The summed E-state index contributed by atoms with van der Waals surface area (Å²) in [6, 6.07) is 63.2. The molecule has 11 rings (SSSR count). The molecule has 99 heavy (non-hydrogen) atoms. The van der Waals surface area contributed by atoms with E-state index in [0.29, 0.717) is 43.0 Å². The molecule has 19 heteroatoms. The molecule has 11 nitrogen and oxygen atoms in total. The molecule has 1 amide bonds. The molecule has 5 saturated heterocycles. The summed E-state index contributed by atoms with van der Waals surface area (Å²) in [5, 5.41) is 3.60. The van der Waals surface area contributed by atoms with Crippen molar-refractivity contribution < 1.29 is 46.6 Å². The van der Waals surface area contributed by atoms with Crippen molar-refractivity contribution >= 4 is 99.8 Å². The van der Waals surface area contributed by atoms with Crippen molar-refractivity contribution in [1.29, 1.82) is 0 Å². The van der Waals surface area contributed by atoms with Crippen LogP contribution in [0.5, 0.6) is 0 Å². The number of nitrogens with one attached hydrogen (secondary N) is 1. The number of nitrogens with zero attached hydrogens (tertiary/aromatic N) is 3. The third-order valence-electron chi connectivity index (χ3n) is 16.1. The number of rotatable bonds is 10. The Labute approximate surface area is 613 Å². The molecule has 0 aromatic heterocycles. The summed E-state index contributed by atoms with van der Waals surface area (Å²) < 4.78 is 45.4. The molecule has 5 heterocycles. The summed E-state index contributed by atoms with van der Waals surface area (Å²) in [5.74, 6) is 2.29. The average Bonchev–Trinajstić information content (AvgIpc) is 1.13. The maximum absolute atomic E-state index is 11.8. The lowest BCUT2D eigenvalue weighted by molar-refractivity contribution is -0.156. The summed E-state index contributed by atoms with van der Waals surface area (Å²) in [5.41, 5.74) is 10.5. The fourth-order valence-corrected chi connectivity index (χ4v) is 11.2. The minimum absolute atomic E-state index is 0.194. The number of ketones is 1. The first-order valence-corrected chi connectivity index (χ1v) is 36.2. The van der Waals surface area contributed by atoms with Gasteiger partial charge in [-0.15, -0.1) is 23.2 Å². The van der Waals surface area contributed by atoms with E-state index in [9.17, 15) is 27.6 Å². The van der Waals surface area contributed by atoms with E-state index in [1.165, 1.54) is 71.6 Å². The predicted molar refractivity (Wildman–Crippen MR) is 405 cm³/mol. The molecule has 6 unspecified atom stereocenters. The van der Waals surface area contributed by atoms with Gasteiger partial charge in [0.25, 0.3) is 0 Å². The van der Waals surface area contributed by atoms with E-state index in [1.807, 2.05) is 37.3 Å². The van der Waals surface area contributed by atoms with E-state index in [4.69, 9.17) is 72.3 Å².